The topological polar surface area (TPSA) is 41.6 Å². The number of nitrogens with zero attached hydrogens (tertiary/aromatic N) is 1. The van der Waals surface area contributed by atoms with Gasteiger partial charge in [0.25, 0.3) is 0 Å². The van der Waals surface area contributed by atoms with Crippen molar-refractivity contribution in [3.63, 3.8) is 0 Å². The van der Waals surface area contributed by atoms with E-state index in [9.17, 15) is 4.79 Å². The smallest absolute Gasteiger partial charge is 0.410 e. The van der Waals surface area contributed by atoms with Crippen LogP contribution in [0.15, 0.2) is 30.3 Å². The molecule has 1 saturated heterocycles. The van der Waals surface area contributed by atoms with E-state index in [0.29, 0.717) is 13.2 Å². The second-order valence-electron chi connectivity index (χ2n) is 5.38. The van der Waals surface area contributed by atoms with Crippen molar-refractivity contribution in [1.82, 2.24) is 10.2 Å². The number of carbonyl (C=O) groups excluding carboxylic acids is 1. The lowest BCUT2D eigenvalue weighted by molar-refractivity contribution is 0.0707. The summed E-state index contributed by atoms with van der Waals surface area (Å²) in [5, 5.41) is 3.29. The molecule has 1 amide bonds. The summed E-state index contributed by atoms with van der Waals surface area (Å²) in [6.07, 6.45) is 1.88. The summed E-state index contributed by atoms with van der Waals surface area (Å²) in [5.74, 6) is 0. The number of likely N-dealkylation sites (N-methyl/N-ethyl adjacent to an activating group) is 1. The van der Waals surface area contributed by atoms with Crippen LogP contribution in [0.2, 0.25) is 0 Å². The molecule has 1 aliphatic heterocycles. The minimum Gasteiger partial charge on any atom is -0.445 e. The molecule has 0 aromatic heterocycles. The van der Waals surface area contributed by atoms with Crippen molar-refractivity contribution in [2.45, 2.75) is 31.9 Å². The summed E-state index contributed by atoms with van der Waals surface area (Å²) in [7, 11) is 1.94. The van der Waals surface area contributed by atoms with Crippen molar-refractivity contribution in [3.05, 3.63) is 35.9 Å². The number of piperidine rings is 1. The van der Waals surface area contributed by atoms with Crippen LogP contribution in [0.4, 0.5) is 4.79 Å². The number of hydrogen-bond donors (Lipinski definition) is 1. The van der Waals surface area contributed by atoms with Gasteiger partial charge in [-0.2, -0.15) is 0 Å². The van der Waals surface area contributed by atoms with Gasteiger partial charge in [0, 0.05) is 18.6 Å². The van der Waals surface area contributed by atoms with Gasteiger partial charge in [-0.15, -0.1) is 0 Å². The molecule has 1 fully saturated rings. The fourth-order valence-corrected chi connectivity index (χ4v) is 2.41. The van der Waals surface area contributed by atoms with Crippen LogP contribution in [-0.2, 0) is 11.3 Å². The predicted octanol–water partition coefficient (Wildman–Crippen LogP) is 2.40. The van der Waals surface area contributed by atoms with Crippen LogP contribution in [0.25, 0.3) is 0 Å². The standard InChI is InChI=1S/C15H22N2O2/c1-15(16-2)9-6-10-17(12-15)14(18)19-11-13-7-4-3-5-8-13/h3-5,7-8,16H,6,9-12H2,1-2H3. The molecule has 0 spiro atoms. The van der Waals surface area contributed by atoms with Crippen LogP contribution in [0.1, 0.15) is 25.3 Å². The van der Waals surface area contributed by atoms with E-state index in [2.05, 4.69) is 12.2 Å². The molecule has 1 N–H and O–H groups in total. The Labute approximate surface area is 114 Å². The zero-order valence-corrected chi connectivity index (χ0v) is 11.7. The Balaban J connectivity index is 1.86. The molecule has 1 atom stereocenters. The van der Waals surface area contributed by atoms with Gasteiger partial charge < -0.3 is 15.0 Å². The van der Waals surface area contributed by atoms with E-state index < -0.39 is 0 Å². The number of nitrogens with one attached hydrogen (secondary N) is 1. The molecular formula is C15H22N2O2. The Kier molecular flexibility index (Phi) is 4.43. The maximum absolute atomic E-state index is 12.1. The lowest BCUT2D eigenvalue weighted by atomic mass is 9.92. The first-order chi connectivity index (χ1) is 9.13. The van der Waals surface area contributed by atoms with Gasteiger partial charge in [-0.05, 0) is 32.4 Å². The van der Waals surface area contributed by atoms with Crippen LogP contribution in [0, 0.1) is 0 Å². The van der Waals surface area contributed by atoms with Gasteiger partial charge in [0.2, 0.25) is 0 Å². The molecule has 1 heterocycles. The van der Waals surface area contributed by atoms with E-state index in [4.69, 9.17) is 4.74 Å². The predicted molar refractivity (Wildman–Crippen MR) is 74.9 cm³/mol. The van der Waals surface area contributed by atoms with Gasteiger partial charge in [0.1, 0.15) is 6.61 Å². The lowest BCUT2D eigenvalue weighted by Gasteiger charge is -2.39. The Morgan fingerprint density at radius 2 is 2.16 bits per heavy atom. The zero-order chi connectivity index (χ0) is 13.7. The van der Waals surface area contributed by atoms with Gasteiger partial charge in [-0.3, -0.25) is 0 Å². The third-order valence-electron chi connectivity index (χ3n) is 3.76. The van der Waals surface area contributed by atoms with Crippen molar-refractivity contribution in [2.24, 2.45) is 0 Å². The van der Waals surface area contributed by atoms with Gasteiger partial charge >= 0.3 is 6.09 Å². The first kappa shape index (κ1) is 13.9. The average Bonchev–Trinajstić information content (AvgIpc) is 2.46. The monoisotopic (exact) mass is 262 g/mol. The minimum absolute atomic E-state index is 0.00399. The maximum Gasteiger partial charge on any atom is 0.410 e. The molecular weight excluding hydrogens is 240 g/mol. The number of likely N-dealkylation sites (tertiary alicyclic amines) is 1. The molecule has 1 aliphatic rings. The molecule has 19 heavy (non-hydrogen) atoms. The van der Waals surface area contributed by atoms with Crippen molar-refractivity contribution in [1.29, 1.82) is 0 Å². The van der Waals surface area contributed by atoms with Crippen molar-refractivity contribution >= 4 is 6.09 Å². The normalized spacial score (nSPS) is 23.2. The number of ether oxygens (including phenoxy) is 1. The summed E-state index contributed by atoms with van der Waals surface area (Å²) in [4.78, 5) is 13.8. The summed E-state index contributed by atoms with van der Waals surface area (Å²) in [5.41, 5.74) is 1.02. The zero-order valence-electron chi connectivity index (χ0n) is 11.7. The summed E-state index contributed by atoms with van der Waals surface area (Å²) >= 11 is 0. The first-order valence-corrected chi connectivity index (χ1v) is 6.77. The van der Waals surface area contributed by atoms with Crippen molar-refractivity contribution in [2.75, 3.05) is 20.1 Å². The number of hydrogen-bond acceptors (Lipinski definition) is 3. The van der Waals surface area contributed by atoms with Gasteiger partial charge in [0.15, 0.2) is 0 Å². The van der Waals surface area contributed by atoms with E-state index in [1.54, 1.807) is 4.90 Å². The van der Waals surface area contributed by atoms with Crippen LogP contribution in [0.5, 0.6) is 0 Å². The molecule has 4 nitrogen and oxygen atoms in total. The highest BCUT2D eigenvalue weighted by Crippen LogP contribution is 2.20. The van der Waals surface area contributed by atoms with Gasteiger partial charge in [0.05, 0.1) is 0 Å². The number of benzene rings is 1. The molecule has 1 unspecified atom stereocenters. The summed E-state index contributed by atoms with van der Waals surface area (Å²) < 4.78 is 5.36. The first-order valence-electron chi connectivity index (χ1n) is 6.77. The Hall–Kier alpha value is -1.55. The SMILES string of the molecule is CNC1(C)CCCN(C(=O)OCc2ccccc2)C1. The van der Waals surface area contributed by atoms with Gasteiger partial charge in [-0.25, -0.2) is 4.79 Å². The second-order valence-corrected chi connectivity index (χ2v) is 5.38. The fraction of sp³-hybridized carbons (Fsp3) is 0.533. The van der Waals surface area contributed by atoms with E-state index in [1.807, 2.05) is 37.4 Å². The molecule has 104 valence electrons. The molecule has 1 aromatic carbocycles. The van der Waals surface area contributed by atoms with Crippen LogP contribution in [0.3, 0.4) is 0 Å². The Morgan fingerprint density at radius 3 is 2.84 bits per heavy atom. The average molecular weight is 262 g/mol. The van der Waals surface area contributed by atoms with E-state index in [0.717, 1.165) is 24.9 Å². The largest absolute Gasteiger partial charge is 0.445 e. The number of amides is 1. The highest BCUT2D eigenvalue weighted by atomic mass is 16.6. The molecule has 0 bridgehead atoms. The lowest BCUT2D eigenvalue weighted by Crippen LogP contribution is -2.55. The molecule has 2 rings (SSSR count). The summed E-state index contributed by atoms with van der Waals surface area (Å²) in [6.45, 7) is 3.97. The number of rotatable bonds is 3. The fourth-order valence-electron chi connectivity index (χ4n) is 2.41. The molecule has 0 saturated carbocycles. The molecule has 1 aromatic rings. The Morgan fingerprint density at radius 1 is 1.42 bits per heavy atom. The second kappa shape index (κ2) is 6.06. The minimum atomic E-state index is -0.218. The molecule has 0 radical (unpaired) electrons. The Bertz CT molecular complexity index is 421. The molecule has 4 heteroatoms. The van der Waals surface area contributed by atoms with Crippen molar-refractivity contribution in [3.8, 4) is 0 Å². The van der Waals surface area contributed by atoms with Crippen LogP contribution in [-0.4, -0.2) is 36.7 Å². The van der Waals surface area contributed by atoms with Gasteiger partial charge in [-0.1, -0.05) is 30.3 Å². The van der Waals surface area contributed by atoms with E-state index in [-0.39, 0.29) is 11.6 Å². The van der Waals surface area contributed by atoms with E-state index in [1.165, 1.54) is 0 Å². The number of carbonyl (C=O) groups is 1. The van der Waals surface area contributed by atoms with E-state index >= 15 is 0 Å². The third-order valence-corrected chi connectivity index (χ3v) is 3.76. The quantitative estimate of drug-likeness (QED) is 0.909. The highest BCUT2D eigenvalue weighted by Gasteiger charge is 2.32. The van der Waals surface area contributed by atoms with Crippen LogP contribution < -0.4 is 5.32 Å². The van der Waals surface area contributed by atoms with Crippen LogP contribution >= 0.6 is 0 Å². The highest BCUT2D eigenvalue weighted by molar-refractivity contribution is 5.68. The molecule has 0 aliphatic carbocycles. The van der Waals surface area contributed by atoms with Crippen molar-refractivity contribution < 1.29 is 9.53 Å². The summed E-state index contributed by atoms with van der Waals surface area (Å²) in [6, 6.07) is 9.76. The third kappa shape index (κ3) is 3.70. The maximum atomic E-state index is 12.1.